The molecule has 0 bridgehead atoms. The molecule has 2 aromatic rings. The summed E-state index contributed by atoms with van der Waals surface area (Å²) in [7, 11) is 2.06. The Labute approximate surface area is 120 Å². The second-order valence-corrected chi connectivity index (χ2v) is 5.10. The fourth-order valence-electron chi connectivity index (χ4n) is 2.34. The Bertz CT molecular complexity index is 537. The summed E-state index contributed by atoms with van der Waals surface area (Å²) in [4.78, 5) is 2.20. The standard InChI is InChI=1S/C17H21N3/c1-20(12-14-8-4-2-5-9-14)13-16(17(18)19)15-10-6-3-7-11-15/h2-11,16H,12-13H2,1H3,(H3,18,19). The SMILES string of the molecule is CN(Cc1ccccc1)CC(C(=N)N)c1ccccc1. The molecule has 0 radical (unpaired) electrons. The minimum atomic E-state index is -0.0510. The van der Waals surface area contributed by atoms with Crippen molar-refractivity contribution in [3.8, 4) is 0 Å². The average Bonchev–Trinajstić information content (AvgIpc) is 2.46. The third kappa shape index (κ3) is 3.93. The molecule has 0 saturated carbocycles. The zero-order valence-corrected chi connectivity index (χ0v) is 11.8. The predicted molar refractivity (Wildman–Crippen MR) is 83.9 cm³/mol. The molecule has 0 aliphatic rings. The van der Waals surface area contributed by atoms with Crippen LogP contribution in [0.25, 0.3) is 0 Å². The molecule has 3 heteroatoms. The van der Waals surface area contributed by atoms with Crippen LogP contribution in [0.5, 0.6) is 0 Å². The molecule has 0 fully saturated rings. The molecule has 3 nitrogen and oxygen atoms in total. The minimum absolute atomic E-state index is 0.0510. The summed E-state index contributed by atoms with van der Waals surface area (Å²) >= 11 is 0. The van der Waals surface area contributed by atoms with Crippen LogP contribution in [0, 0.1) is 5.41 Å². The molecule has 104 valence electrons. The van der Waals surface area contributed by atoms with E-state index in [2.05, 4.69) is 24.1 Å². The van der Waals surface area contributed by atoms with Crippen LogP contribution in [0.3, 0.4) is 0 Å². The number of nitrogens with two attached hydrogens (primary N) is 1. The maximum absolute atomic E-state index is 7.81. The van der Waals surface area contributed by atoms with Crippen molar-refractivity contribution >= 4 is 5.84 Å². The van der Waals surface area contributed by atoms with Gasteiger partial charge in [-0.2, -0.15) is 0 Å². The Kier molecular flexibility index (Phi) is 4.91. The molecular weight excluding hydrogens is 246 g/mol. The van der Waals surface area contributed by atoms with Gasteiger partial charge in [-0.15, -0.1) is 0 Å². The summed E-state index contributed by atoms with van der Waals surface area (Å²) in [5, 5.41) is 7.81. The van der Waals surface area contributed by atoms with Gasteiger partial charge in [-0.3, -0.25) is 5.41 Å². The predicted octanol–water partition coefficient (Wildman–Crippen LogP) is 2.84. The highest BCUT2D eigenvalue weighted by Crippen LogP contribution is 2.17. The van der Waals surface area contributed by atoms with Crippen LogP contribution in [-0.2, 0) is 6.54 Å². The maximum atomic E-state index is 7.81. The zero-order valence-electron chi connectivity index (χ0n) is 11.8. The number of nitrogens with one attached hydrogen (secondary N) is 1. The van der Waals surface area contributed by atoms with Crippen LogP contribution in [0.15, 0.2) is 60.7 Å². The van der Waals surface area contributed by atoms with Crippen LogP contribution < -0.4 is 5.73 Å². The number of hydrogen-bond acceptors (Lipinski definition) is 2. The molecule has 2 aromatic carbocycles. The lowest BCUT2D eigenvalue weighted by Gasteiger charge is -2.23. The minimum Gasteiger partial charge on any atom is -0.387 e. The lowest BCUT2D eigenvalue weighted by atomic mass is 9.97. The fraction of sp³-hybridized carbons (Fsp3) is 0.235. The first kappa shape index (κ1) is 14.3. The lowest BCUT2D eigenvalue weighted by molar-refractivity contribution is 0.322. The fourth-order valence-corrected chi connectivity index (χ4v) is 2.34. The average molecular weight is 267 g/mol. The molecule has 2 rings (SSSR count). The molecule has 1 atom stereocenters. The lowest BCUT2D eigenvalue weighted by Crippen LogP contribution is -2.32. The van der Waals surface area contributed by atoms with Crippen molar-refractivity contribution in [1.29, 1.82) is 5.41 Å². The number of nitrogens with zero attached hydrogens (tertiary/aromatic N) is 1. The van der Waals surface area contributed by atoms with Gasteiger partial charge in [0, 0.05) is 13.1 Å². The van der Waals surface area contributed by atoms with Crippen LogP contribution in [0.1, 0.15) is 17.0 Å². The summed E-state index contributed by atoms with van der Waals surface area (Å²) in [6.45, 7) is 1.60. The number of rotatable bonds is 6. The first-order valence-corrected chi connectivity index (χ1v) is 6.78. The Morgan fingerprint density at radius 2 is 1.60 bits per heavy atom. The molecular formula is C17H21N3. The van der Waals surface area contributed by atoms with E-state index in [4.69, 9.17) is 11.1 Å². The highest BCUT2D eigenvalue weighted by Gasteiger charge is 2.16. The summed E-state index contributed by atoms with van der Waals surface area (Å²) in [6, 6.07) is 20.4. The third-order valence-electron chi connectivity index (χ3n) is 3.37. The molecule has 0 aliphatic carbocycles. The van der Waals surface area contributed by atoms with E-state index in [0.29, 0.717) is 0 Å². The zero-order chi connectivity index (χ0) is 14.4. The Morgan fingerprint density at radius 3 is 2.15 bits per heavy atom. The van der Waals surface area contributed by atoms with Gasteiger partial charge in [0.15, 0.2) is 0 Å². The van der Waals surface area contributed by atoms with E-state index in [9.17, 15) is 0 Å². The molecule has 0 heterocycles. The van der Waals surface area contributed by atoms with Gasteiger partial charge in [0.25, 0.3) is 0 Å². The Hall–Kier alpha value is -2.13. The highest BCUT2D eigenvalue weighted by atomic mass is 15.1. The number of amidine groups is 1. The molecule has 0 spiro atoms. The van der Waals surface area contributed by atoms with Crippen LogP contribution in [0.2, 0.25) is 0 Å². The largest absolute Gasteiger partial charge is 0.387 e. The van der Waals surface area contributed by atoms with Crippen molar-refractivity contribution in [2.24, 2.45) is 5.73 Å². The Morgan fingerprint density at radius 1 is 1.05 bits per heavy atom. The molecule has 0 aliphatic heterocycles. The van der Waals surface area contributed by atoms with Crippen molar-refractivity contribution in [3.63, 3.8) is 0 Å². The summed E-state index contributed by atoms with van der Waals surface area (Å²) in [5.41, 5.74) is 8.13. The van der Waals surface area contributed by atoms with E-state index in [1.54, 1.807) is 0 Å². The number of likely N-dealkylation sites (N-methyl/N-ethyl adjacent to an activating group) is 1. The van der Waals surface area contributed by atoms with E-state index < -0.39 is 0 Å². The number of hydrogen-bond donors (Lipinski definition) is 2. The van der Waals surface area contributed by atoms with E-state index >= 15 is 0 Å². The van der Waals surface area contributed by atoms with Gasteiger partial charge in [-0.05, 0) is 18.2 Å². The second-order valence-electron chi connectivity index (χ2n) is 5.10. The van der Waals surface area contributed by atoms with Crippen molar-refractivity contribution in [2.75, 3.05) is 13.6 Å². The van der Waals surface area contributed by atoms with Gasteiger partial charge in [0.1, 0.15) is 0 Å². The smallest absolute Gasteiger partial charge is 0.0995 e. The van der Waals surface area contributed by atoms with Crippen molar-refractivity contribution in [3.05, 3.63) is 71.8 Å². The van der Waals surface area contributed by atoms with E-state index in [-0.39, 0.29) is 11.8 Å². The quantitative estimate of drug-likeness (QED) is 0.624. The van der Waals surface area contributed by atoms with Gasteiger partial charge in [-0.25, -0.2) is 0 Å². The molecule has 0 saturated heterocycles. The van der Waals surface area contributed by atoms with Gasteiger partial charge in [0.05, 0.1) is 11.8 Å². The Balaban J connectivity index is 2.04. The van der Waals surface area contributed by atoms with Gasteiger partial charge in [0.2, 0.25) is 0 Å². The molecule has 20 heavy (non-hydrogen) atoms. The maximum Gasteiger partial charge on any atom is 0.0995 e. The van der Waals surface area contributed by atoms with Gasteiger partial charge < -0.3 is 10.6 Å². The van der Waals surface area contributed by atoms with E-state index in [0.717, 1.165) is 18.7 Å². The summed E-state index contributed by atoms with van der Waals surface area (Å²) < 4.78 is 0. The molecule has 1 unspecified atom stereocenters. The van der Waals surface area contributed by atoms with Crippen molar-refractivity contribution < 1.29 is 0 Å². The first-order chi connectivity index (χ1) is 9.66. The normalized spacial score (nSPS) is 12.3. The molecule has 3 N–H and O–H groups in total. The summed E-state index contributed by atoms with van der Waals surface area (Å²) in [6.07, 6.45) is 0. The topological polar surface area (TPSA) is 53.1 Å². The van der Waals surface area contributed by atoms with Crippen molar-refractivity contribution in [2.45, 2.75) is 12.5 Å². The second kappa shape index (κ2) is 6.87. The van der Waals surface area contributed by atoms with Crippen LogP contribution in [-0.4, -0.2) is 24.3 Å². The van der Waals surface area contributed by atoms with Crippen LogP contribution >= 0.6 is 0 Å². The van der Waals surface area contributed by atoms with Gasteiger partial charge >= 0.3 is 0 Å². The molecule has 0 amide bonds. The summed E-state index contributed by atoms with van der Waals surface area (Å²) in [5.74, 6) is 0.168. The van der Waals surface area contributed by atoms with E-state index in [1.807, 2.05) is 48.5 Å². The highest BCUT2D eigenvalue weighted by molar-refractivity contribution is 5.84. The van der Waals surface area contributed by atoms with Crippen LogP contribution in [0.4, 0.5) is 0 Å². The van der Waals surface area contributed by atoms with Crippen molar-refractivity contribution in [1.82, 2.24) is 4.90 Å². The number of benzene rings is 2. The molecule has 0 aromatic heterocycles. The van der Waals surface area contributed by atoms with E-state index in [1.165, 1.54) is 5.56 Å². The monoisotopic (exact) mass is 267 g/mol. The third-order valence-corrected chi connectivity index (χ3v) is 3.37. The first-order valence-electron chi connectivity index (χ1n) is 6.78. The van der Waals surface area contributed by atoms with Gasteiger partial charge in [-0.1, -0.05) is 60.7 Å².